The van der Waals surface area contributed by atoms with Crippen molar-refractivity contribution in [3.05, 3.63) is 0 Å². The molecule has 0 bridgehead atoms. The van der Waals surface area contributed by atoms with Crippen molar-refractivity contribution in [3.63, 3.8) is 0 Å². The second kappa shape index (κ2) is 4.40. The van der Waals surface area contributed by atoms with Gasteiger partial charge in [-0.1, -0.05) is 0 Å². The molecular formula is C10H21NO2. The van der Waals surface area contributed by atoms with Crippen LogP contribution in [0.15, 0.2) is 0 Å². The summed E-state index contributed by atoms with van der Waals surface area (Å²) in [6.45, 7) is 6.37. The van der Waals surface area contributed by atoms with E-state index in [2.05, 4.69) is 18.7 Å². The van der Waals surface area contributed by atoms with Crippen LogP contribution in [0, 0.1) is 0 Å². The van der Waals surface area contributed by atoms with E-state index in [1.807, 2.05) is 0 Å². The predicted molar refractivity (Wildman–Crippen MR) is 52.8 cm³/mol. The highest BCUT2D eigenvalue weighted by Gasteiger charge is 2.38. The Morgan fingerprint density at radius 2 is 2.31 bits per heavy atom. The van der Waals surface area contributed by atoms with Crippen molar-refractivity contribution in [1.29, 1.82) is 0 Å². The third-order valence-corrected chi connectivity index (χ3v) is 3.09. The molecule has 1 N–H and O–H groups in total. The molecule has 1 heterocycles. The molecule has 0 aromatic carbocycles. The van der Waals surface area contributed by atoms with Gasteiger partial charge < -0.3 is 9.84 Å². The summed E-state index contributed by atoms with van der Waals surface area (Å²) >= 11 is 0. The van der Waals surface area contributed by atoms with E-state index in [4.69, 9.17) is 4.74 Å². The quantitative estimate of drug-likeness (QED) is 0.709. The maximum Gasteiger partial charge on any atom is 0.0615 e. The molecule has 3 nitrogen and oxygen atoms in total. The Hall–Kier alpha value is -0.120. The standard InChI is InChI=1S/C10H21NO2/c1-9(7-13-3)11-6-4-5-10(11,2)8-12/h9,12H,4-8H2,1-3H3/t9?,10-/m1/s1. The summed E-state index contributed by atoms with van der Waals surface area (Å²) in [5.41, 5.74) is -0.0159. The minimum Gasteiger partial charge on any atom is -0.394 e. The van der Waals surface area contributed by atoms with Crippen molar-refractivity contribution in [1.82, 2.24) is 4.90 Å². The zero-order valence-electron chi connectivity index (χ0n) is 8.92. The van der Waals surface area contributed by atoms with Crippen LogP contribution < -0.4 is 0 Å². The largest absolute Gasteiger partial charge is 0.394 e. The van der Waals surface area contributed by atoms with Gasteiger partial charge in [0.15, 0.2) is 0 Å². The van der Waals surface area contributed by atoms with Crippen LogP contribution in [-0.2, 0) is 4.74 Å². The Kier molecular flexibility index (Phi) is 3.71. The van der Waals surface area contributed by atoms with Gasteiger partial charge in [0.2, 0.25) is 0 Å². The van der Waals surface area contributed by atoms with Gasteiger partial charge in [0, 0.05) is 18.7 Å². The molecule has 1 aliphatic heterocycles. The topological polar surface area (TPSA) is 32.7 Å². The monoisotopic (exact) mass is 187 g/mol. The third-order valence-electron chi connectivity index (χ3n) is 3.09. The molecule has 0 aliphatic carbocycles. The second-order valence-electron chi connectivity index (χ2n) is 4.26. The first-order valence-electron chi connectivity index (χ1n) is 5.00. The van der Waals surface area contributed by atoms with Crippen molar-refractivity contribution in [2.75, 3.05) is 26.9 Å². The lowest BCUT2D eigenvalue weighted by atomic mass is 9.99. The number of methoxy groups -OCH3 is 1. The Balaban J connectivity index is 2.57. The van der Waals surface area contributed by atoms with E-state index in [-0.39, 0.29) is 12.1 Å². The first-order chi connectivity index (χ1) is 6.14. The molecule has 0 spiro atoms. The van der Waals surface area contributed by atoms with Crippen molar-refractivity contribution in [2.45, 2.75) is 38.3 Å². The summed E-state index contributed by atoms with van der Waals surface area (Å²) in [6.07, 6.45) is 2.28. The molecule has 1 saturated heterocycles. The Morgan fingerprint density at radius 3 is 2.85 bits per heavy atom. The van der Waals surface area contributed by atoms with Gasteiger partial charge >= 0.3 is 0 Å². The Bertz CT molecular complexity index is 163. The summed E-state index contributed by atoms with van der Waals surface area (Å²) in [6, 6.07) is 0.407. The van der Waals surface area contributed by atoms with E-state index in [1.54, 1.807) is 7.11 Å². The van der Waals surface area contributed by atoms with Crippen LogP contribution in [0.2, 0.25) is 0 Å². The van der Waals surface area contributed by atoms with Crippen LogP contribution >= 0.6 is 0 Å². The molecule has 13 heavy (non-hydrogen) atoms. The lowest BCUT2D eigenvalue weighted by molar-refractivity contribution is 0.0192. The first-order valence-corrected chi connectivity index (χ1v) is 5.00. The number of rotatable bonds is 4. The van der Waals surface area contributed by atoms with E-state index in [0.717, 1.165) is 19.6 Å². The van der Waals surface area contributed by atoms with Crippen LogP contribution in [0.3, 0.4) is 0 Å². The maximum absolute atomic E-state index is 9.33. The van der Waals surface area contributed by atoms with E-state index < -0.39 is 0 Å². The fraction of sp³-hybridized carbons (Fsp3) is 1.00. The van der Waals surface area contributed by atoms with Gasteiger partial charge in [-0.05, 0) is 33.2 Å². The van der Waals surface area contributed by atoms with Gasteiger partial charge in [-0.3, -0.25) is 4.90 Å². The van der Waals surface area contributed by atoms with Gasteiger partial charge in [0.05, 0.1) is 13.2 Å². The summed E-state index contributed by atoms with van der Waals surface area (Å²) in [7, 11) is 1.73. The molecule has 3 heteroatoms. The number of nitrogens with zero attached hydrogens (tertiary/aromatic N) is 1. The van der Waals surface area contributed by atoms with Crippen LogP contribution in [0.5, 0.6) is 0 Å². The number of ether oxygens (including phenoxy) is 1. The molecule has 1 rings (SSSR count). The highest BCUT2D eigenvalue weighted by atomic mass is 16.5. The average Bonchev–Trinajstić information content (AvgIpc) is 2.49. The fourth-order valence-corrected chi connectivity index (χ4v) is 2.30. The van der Waals surface area contributed by atoms with Crippen LogP contribution in [0.4, 0.5) is 0 Å². The maximum atomic E-state index is 9.33. The van der Waals surface area contributed by atoms with Gasteiger partial charge in [-0.25, -0.2) is 0 Å². The van der Waals surface area contributed by atoms with Crippen LogP contribution in [0.1, 0.15) is 26.7 Å². The van der Waals surface area contributed by atoms with Crippen LogP contribution in [0.25, 0.3) is 0 Å². The zero-order chi connectivity index (χ0) is 9.90. The molecule has 2 atom stereocenters. The smallest absolute Gasteiger partial charge is 0.0615 e. The molecule has 78 valence electrons. The molecule has 1 fully saturated rings. The normalized spacial score (nSPS) is 32.3. The van der Waals surface area contributed by atoms with Gasteiger partial charge in [-0.15, -0.1) is 0 Å². The summed E-state index contributed by atoms with van der Waals surface area (Å²) in [5.74, 6) is 0. The lowest BCUT2D eigenvalue weighted by Crippen LogP contribution is -2.50. The van der Waals surface area contributed by atoms with Gasteiger partial charge in [0.1, 0.15) is 0 Å². The lowest BCUT2D eigenvalue weighted by Gasteiger charge is -2.37. The molecule has 0 radical (unpaired) electrons. The van der Waals surface area contributed by atoms with Crippen molar-refractivity contribution in [2.24, 2.45) is 0 Å². The molecular weight excluding hydrogens is 166 g/mol. The van der Waals surface area contributed by atoms with E-state index >= 15 is 0 Å². The van der Waals surface area contributed by atoms with Crippen LogP contribution in [-0.4, -0.2) is 48.5 Å². The number of aliphatic hydroxyl groups is 1. The first kappa shape index (κ1) is 11.0. The minimum atomic E-state index is -0.0159. The fourth-order valence-electron chi connectivity index (χ4n) is 2.30. The molecule has 1 unspecified atom stereocenters. The summed E-state index contributed by atoms with van der Waals surface area (Å²) in [5, 5.41) is 9.33. The van der Waals surface area contributed by atoms with E-state index in [0.29, 0.717) is 6.04 Å². The van der Waals surface area contributed by atoms with Gasteiger partial charge in [-0.2, -0.15) is 0 Å². The number of likely N-dealkylation sites (tertiary alicyclic amines) is 1. The summed E-state index contributed by atoms with van der Waals surface area (Å²) < 4.78 is 5.13. The second-order valence-corrected chi connectivity index (χ2v) is 4.26. The highest BCUT2D eigenvalue weighted by molar-refractivity contribution is 4.93. The Morgan fingerprint density at radius 1 is 1.62 bits per heavy atom. The number of hydrogen-bond donors (Lipinski definition) is 1. The van der Waals surface area contributed by atoms with Crippen molar-refractivity contribution >= 4 is 0 Å². The van der Waals surface area contributed by atoms with Crippen molar-refractivity contribution < 1.29 is 9.84 Å². The SMILES string of the molecule is COCC(C)N1CCC[C@]1(C)CO. The molecule has 0 saturated carbocycles. The third kappa shape index (κ3) is 2.22. The van der Waals surface area contributed by atoms with E-state index in [1.165, 1.54) is 6.42 Å². The highest BCUT2D eigenvalue weighted by Crippen LogP contribution is 2.30. The molecule has 0 amide bonds. The number of aliphatic hydroxyl groups excluding tert-OH is 1. The summed E-state index contributed by atoms with van der Waals surface area (Å²) in [4.78, 5) is 2.36. The predicted octanol–water partition coefficient (Wildman–Crippen LogP) is 0.868. The number of hydrogen-bond acceptors (Lipinski definition) is 3. The van der Waals surface area contributed by atoms with Gasteiger partial charge in [0.25, 0.3) is 0 Å². The Labute approximate surface area is 80.7 Å². The molecule has 0 aromatic rings. The van der Waals surface area contributed by atoms with Crippen molar-refractivity contribution in [3.8, 4) is 0 Å². The average molecular weight is 187 g/mol. The zero-order valence-corrected chi connectivity index (χ0v) is 8.92. The molecule has 1 aliphatic rings. The molecule has 0 aromatic heterocycles. The minimum absolute atomic E-state index is 0.0159. The van der Waals surface area contributed by atoms with E-state index in [9.17, 15) is 5.11 Å².